The maximum atomic E-state index is 12.7. The Balaban J connectivity index is 2.02. The van der Waals surface area contributed by atoms with Crippen molar-refractivity contribution in [1.29, 1.82) is 0 Å². The van der Waals surface area contributed by atoms with Crippen molar-refractivity contribution >= 4 is 30.3 Å². The summed E-state index contributed by atoms with van der Waals surface area (Å²) < 4.78 is 18.9. The lowest BCUT2D eigenvalue weighted by molar-refractivity contribution is 0.00781. The fourth-order valence-electron chi connectivity index (χ4n) is 1.44. The number of halogens is 2. The molecule has 0 aromatic rings. The van der Waals surface area contributed by atoms with E-state index in [9.17, 15) is 4.48 Å². The summed E-state index contributed by atoms with van der Waals surface area (Å²) in [5.41, 5.74) is 0. The molecule has 2 atom stereocenters. The molecule has 1 saturated heterocycles. The van der Waals surface area contributed by atoms with Crippen molar-refractivity contribution in [3.05, 3.63) is 0 Å². The van der Waals surface area contributed by atoms with Gasteiger partial charge in [-0.25, -0.2) is 0 Å². The second-order valence-electron chi connectivity index (χ2n) is 3.48. The van der Waals surface area contributed by atoms with E-state index in [1.165, 1.54) is 0 Å². The van der Waals surface area contributed by atoms with Gasteiger partial charge < -0.3 is 10.1 Å². The average molecular weight is 334 g/mol. The monoisotopic (exact) mass is 334 g/mol. The highest BCUT2D eigenvalue weighted by Gasteiger charge is 2.17. The molecule has 1 aliphatic rings. The molecule has 0 bridgehead atoms. The first kappa shape index (κ1) is 13.0. The normalized spacial score (nSPS) is 28.3. The number of nitrogens with zero attached hydrogens (tertiary/aromatic N) is 1. The van der Waals surface area contributed by atoms with Crippen LogP contribution in [0.4, 0.5) is 4.48 Å². The summed E-state index contributed by atoms with van der Waals surface area (Å²) >= 11 is 1.93. The molecule has 14 heavy (non-hydrogen) atoms. The quantitative estimate of drug-likeness (QED) is 0.474. The van der Waals surface area contributed by atoms with Gasteiger partial charge in [0.1, 0.15) is 0 Å². The smallest absolute Gasteiger partial charge is 0.0623 e. The molecule has 1 rings (SSSR count). The second kappa shape index (κ2) is 7.21. The summed E-state index contributed by atoms with van der Waals surface area (Å²) in [6.45, 7) is 3.94. The molecule has 1 fully saturated rings. The van der Waals surface area contributed by atoms with Gasteiger partial charge in [-0.1, -0.05) is 4.53 Å². The van der Waals surface area contributed by atoms with Crippen LogP contribution < -0.4 is 5.32 Å². The van der Waals surface area contributed by atoms with Crippen LogP contribution in [0.1, 0.15) is 19.8 Å². The van der Waals surface area contributed by atoms with Crippen molar-refractivity contribution < 1.29 is 9.22 Å². The van der Waals surface area contributed by atoms with Crippen molar-refractivity contribution in [2.24, 2.45) is 0 Å². The highest BCUT2D eigenvalue weighted by molar-refractivity contribution is 14.2. The molecule has 0 aromatic carbocycles. The zero-order valence-electron chi connectivity index (χ0n) is 8.21. The molecule has 0 amide bonds. The van der Waals surface area contributed by atoms with Gasteiger partial charge in [-0.05, 0) is 19.8 Å². The van der Waals surface area contributed by atoms with Crippen LogP contribution in [0.2, 0.25) is 0 Å². The minimum absolute atomic E-state index is 0.385. The van der Waals surface area contributed by atoms with Gasteiger partial charge in [0.2, 0.25) is 0 Å². The van der Waals surface area contributed by atoms with E-state index >= 15 is 0 Å². The number of ether oxygens (including phenoxy) is 1. The standard InChI is InChI=1S/C8H16FIN2OS/c1-7-2-3-8(6-13-7)11-4-5-12(9)14-10/h7-8,11H,2-6H2,1H3/t7-,8?/m0/s1. The maximum Gasteiger partial charge on any atom is 0.0623 e. The predicted octanol–water partition coefficient (Wildman–Crippen LogP) is 2.33. The first-order chi connectivity index (χ1) is 6.72. The molecule has 0 aliphatic carbocycles. The van der Waals surface area contributed by atoms with E-state index in [0.29, 0.717) is 25.2 Å². The highest BCUT2D eigenvalue weighted by Crippen LogP contribution is 2.17. The average Bonchev–Trinajstić information content (AvgIpc) is 2.21. The summed E-state index contributed by atoms with van der Waals surface area (Å²) in [6.07, 6.45) is 2.61. The summed E-state index contributed by atoms with van der Waals surface area (Å²) in [5, 5.41) is 3.28. The molecule has 1 N–H and O–H groups in total. The van der Waals surface area contributed by atoms with Crippen molar-refractivity contribution in [2.75, 3.05) is 19.7 Å². The lowest BCUT2D eigenvalue weighted by Gasteiger charge is -2.27. The lowest BCUT2D eigenvalue weighted by Crippen LogP contribution is -2.41. The minimum Gasteiger partial charge on any atom is -0.377 e. The molecule has 0 saturated carbocycles. The zero-order valence-corrected chi connectivity index (χ0v) is 11.2. The van der Waals surface area contributed by atoms with Gasteiger partial charge in [0.15, 0.2) is 0 Å². The van der Waals surface area contributed by atoms with E-state index in [1.54, 1.807) is 0 Å². The first-order valence-corrected chi connectivity index (χ1v) is 8.11. The predicted molar refractivity (Wildman–Crippen MR) is 65.9 cm³/mol. The van der Waals surface area contributed by atoms with Crippen molar-refractivity contribution in [1.82, 2.24) is 9.84 Å². The Morgan fingerprint density at radius 3 is 3.00 bits per heavy atom. The summed E-state index contributed by atoms with van der Waals surface area (Å²) in [7, 11) is 1.08. The van der Waals surface area contributed by atoms with E-state index in [-0.39, 0.29) is 0 Å². The molecular weight excluding hydrogens is 318 g/mol. The SMILES string of the molecule is C[C@H]1CCC(NCCN(F)SI)CO1. The highest BCUT2D eigenvalue weighted by atomic mass is 127. The fourth-order valence-corrected chi connectivity index (χ4v) is 2.19. The lowest BCUT2D eigenvalue weighted by atomic mass is 10.1. The molecule has 1 heterocycles. The Bertz CT molecular complexity index is 158. The largest absolute Gasteiger partial charge is 0.377 e. The Labute approximate surface area is 101 Å². The third kappa shape index (κ3) is 5.11. The van der Waals surface area contributed by atoms with Crippen LogP contribution >= 0.6 is 30.3 Å². The summed E-state index contributed by atoms with van der Waals surface area (Å²) in [6, 6.07) is 0.402. The Hall–Kier alpha value is 0.890. The van der Waals surface area contributed by atoms with Crippen molar-refractivity contribution in [3.8, 4) is 0 Å². The van der Waals surface area contributed by atoms with Crippen LogP contribution in [0, 0.1) is 0 Å². The van der Waals surface area contributed by atoms with Crippen molar-refractivity contribution in [3.63, 3.8) is 0 Å². The van der Waals surface area contributed by atoms with Gasteiger partial charge in [-0.15, -0.1) is 4.48 Å². The van der Waals surface area contributed by atoms with Gasteiger partial charge in [-0.3, -0.25) is 0 Å². The molecule has 1 aliphatic heterocycles. The molecule has 0 radical (unpaired) electrons. The zero-order chi connectivity index (χ0) is 10.4. The van der Waals surface area contributed by atoms with Gasteiger partial charge in [-0.2, -0.15) is 0 Å². The second-order valence-corrected chi connectivity index (χ2v) is 5.20. The first-order valence-electron chi connectivity index (χ1n) is 4.79. The Morgan fingerprint density at radius 1 is 1.64 bits per heavy atom. The molecular formula is C8H16FIN2OS. The topological polar surface area (TPSA) is 24.5 Å². The molecule has 1 unspecified atom stereocenters. The Morgan fingerprint density at radius 2 is 2.43 bits per heavy atom. The maximum absolute atomic E-state index is 12.7. The molecule has 84 valence electrons. The summed E-state index contributed by atoms with van der Waals surface area (Å²) in [4.78, 5) is 0. The van der Waals surface area contributed by atoms with Crippen LogP contribution in [0.5, 0.6) is 0 Å². The number of hydrogen-bond donors (Lipinski definition) is 1. The van der Waals surface area contributed by atoms with Crippen LogP contribution in [-0.4, -0.2) is 36.4 Å². The number of nitrogens with one attached hydrogen (secondary N) is 1. The molecule has 6 heteroatoms. The van der Waals surface area contributed by atoms with E-state index in [2.05, 4.69) is 12.2 Å². The molecule has 0 aromatic heterocycles. The van der Waals surface area contributed by atoms with Gasteiger partial charge >= 0.3 is 0 Å². The molecule has 0 spiro atoms. The third-order valence-corrected chi connectivity index (χ3v) is 3.91. The van der Waals surface area contributed by atoms with Gasteiger partial charge in [0, 0.05) is 42.9 Å². The number of rotatable bonds is 5. The van der Waals surface area contributed by atoms with Crippen LogP contribution in [-0.2, 0) is 4.74 Å². The van der Waals surface area contributed by atoms with E-state index < -0.39 is 0 Å². The molecule has 3 nitrogen and oxygen atoms in total. The van der Waals surface area contributed by atoms with Crippen LogP contribution in [0.25, 0.3) is 0 Å². The van der Waals surface area contributed by atoms with Gasteiger partial charge in [0.05, 0.1) is 19.3 Å². The van der Waals surface area contributed by atoms with Gasteiger partial charge in [0.25, 0.3) is 0 Å². The third-order valence-electron chi connectivity index (χ3n) is 2.30. The van der Waals surface area contributed by atoms with Crippen LogP contribution in [0.3, 0.4) is 0 Å². The van der Waals surface area contributed by atoms with Crippen molar-refractivity contribution in [2.45, 2.75) is 31.9 Å². The fraction of sp³-hybridized carbons (Fsp3) is 1.00. The van der Waals surface area contributed by atoms with E-state index in [4.69, 9.17) is 4.74 Å². The van der Waals surface area contributed by atoms with Crippen LogP contribution in [0.15, 0.2) is 0 Å². The number of hydrogen-bond acceptors (Lipinski definition) is 4. The minimum atomic E-state index is 0.385. The summed E-state index contributed by atoms with van der Waals surface area (Å²) in [5.74, 6) is 0. The van der Waals surface area contributed by atoms with E-state index in [1.807, 2.05) is 21.2 Å². The van der Waals surface area contributed by atoms with E-state index in [0.717, 1.165) is 33.1 Å². The Kier molecular flexibility index (Phi) is 6.67.